The first-order valence-electron chi connectivity index (χ1n) is 9.22. The van der Waals surface area contributed by atoms with Crippen molar-refractivity contribution in [1.82, 2.24) is 9.55 Å². The van der Waals surface area contributed by atoms with Gasteiger partial charge in [-0.25, -0.2) is 0 Å². The second kappa shape index (κ2) is 6.05. The summed E-state index contributed by atoms with van der Waals surface area (Å²) in [4.78, 5) is 30.1. The van der Waals surface area contributed by atoms with Crippen LogP contribution >= 0.6 is 0 Å². The van der Waals surface area contributed by atoms with Crippen LogP contribution < -0.4 is 0 Å². The molecule has 4 rings (SSSR count). The summed E-state index contributed by atoms with van der Waals surface area (Å²) >= 11 is 0. The number of carbonyl (C=O) groups is 2. The SMILES string of the molecule is CCc1cc2c(cc1C)C(=O)/C(=C\c1cc3c(nc(C(C)C)n3C)o1)C2=O. The van der Waals surface area contributed by atoms with E-state index in [0.717, 1.165) is 28.9 Å². The fourth-order valence-electron chi connectivity index (χ4n) is 3.78. The van der Waals surface area contributed by atoms with Crippen molar-refractivity contribution in [3.05, 3.63) is 57.6 Å². The molecule has 0 fully saturated rings. The Bertz CT molecular complexity index is 1140. The first-order chi connectivity index (χ1) is 12.8. The van der Waals surface area contributed by atoms with Gasteiger partial charge < -0.3 is 8.98 Å². The molecule has 0 N–H and O–H groups in total. The molecule has 0 saturated heterocycles. The molecule has 27 heavy (non-hydrogen) atoms. The highest BCUT2D eigenvalue weighted by atomic mass is 16.3. The Labute approximate surface area is 157 Å². The van der Waals surface area contributed by atoms with Crippen LogP contribution in [-0.4, -0.2) is 21.1 Å². The number of aromatic nitrogens is 2. The predicted octanol–water partition coefficient (Wildman–Crippen LogP) is 4.62. The first-order valence-corrected chi connectivity index (χ1v) is 9.22. The molecule has 5 heteroatoms. The summed E-state index contributed by atoms with van der Waals surface area (Å²) in [5.74, 6) is 1.21. The van der Waals surface area contributed by atoms with E-state index in [1.807, 2.05) is 43.7 Å². The molecule has 0 aliphatic heterocycles. The third kappa shape index (κ3) is 2.57. The topological polar surface area (TPSA) is 65.1 Å². The number of aryl methyl sites for hydroxylation is 3. The maximum atomic E-state index is 12.8. The number of Topliss-reactive ketones (excluding diaryl/α,β-unsaturated/α-hetero) is 2. The van der Waals surface area contributed by atoms with Crippen molar-refractivity contribution >= 4 is 28.9 Å². The molecule has 0 amide bonds. The highest BCUT2D eigenvalue weighted by Crippen LogP contribution is 2.32. The van der Waals surface area contributed by atoms with Gasteiger partial charge in [-0.2, -0.15) is 4.98 Å². The number of benzene rings is 1. The Morgan fingerprint density at radius 3 is 2.41 bits per heavy atom. The summed E-state index contributed by atoms with van der Waals surface area (Å²) in [7, 11) is 1.94. The fourth-order valence-corrected chi connectivity index (χ4v) is 3.78. The minimum Gasteiger partial charge on any atom is -0.437 e. The molecule has 0 saturated carbocycles. The highest BCUT2D eigenvalue weighted by Gasteiger charge is 2.34. The third-order valence-electron chi connectivity index (χ3n) is 5.27. The summed E-state index contributed by atoms with van der Waals surface area (Å²) in [5.41, 5.74) is 4.62. The molecule has 0 radical (unpaired) electrons. The standard InChI is InChI=1S/C22H22N2O3/c1-6-13-8-16-15(7-12(13)4)19(25)17(20(16)26)9-14-10-18-22(27-14)23-21(11(2)3)24(18)5/h7-11H,6H2,1-5H3/b17-9+. The van der Waals surface area contributed by atoms with E-state index in [1.165, 1.54) is 0 Å². The van der Waals surface area contributed by atoms with Gasteiger partial charge >= 0.3 is 0 Å². The van der Waals surface area contributed by atoms with E-state index in [0.29, 0.717) is 22.6 Å². The lowest BCUT2D eigenvalue weighted by Crippen LogP contribution is -2.00. The lowest BCUT2D eigenvalue weighted by molar-refractivity contribution is 0.0990. The van der Waals surface area contributed by atoms with Gasteiger partial charge in [0.25, 0.3) is 0 Å². The van der Waals surface area contributed by atoms with Crippen LogP contribution in [0.1, 0.15) is 70.1 Å². The second-order valence-corrected chi connectivity index (χ2v) is 7.42. The molecule has 3 aromatic rings. The van der Waals surface area contributed by atoms with Crippen LogP contribution in [0.2, 0.25) is 0 Å². The largest absolute Gasteiger partial charge is 0.437 e. The van der Waals surface area contributed by atoms with Crippen molar-refractivity contribution in [2.45, 2.75) is 40.0 Å². The zero-order chi connectivity index (χ0) is 19.5. The minimum absolute atomic E-state index is 0.154. The van der Waals surface area contributed by atoms with Crippen molar-refractivity contribution in [2.24, 2.45) is 7.05 Å². The van der Waals surface area contributed by atoms with Crippen molar-refractivity contribution in [3.63, 3.8) is 0 Å². The molecular formula is C22H22N2O3. The number of rotatable bonds is 3. The lowest BCUT2D eigenvalue weighted by Gasteiger charge is -2.04. The summed E-state index contributed by atoms with van der Waals surface area (Å²) < 4.78 is 7.77. The Morgan fingerprint density at radius 1 is 1.15 bits per heavy atom. The average molecular weight is 362 g/mol. The first kappa shape index (κ1) is 17.5. The molecule has 0 bridgehead atoms. The van der Waals surface area contributed by atoms with E-state index < -0.39 is 0 Å². The molecule has 0 unspecified atom stereocenters. The van der Waals surface area contributed by atoms with Gasteiger partial charge in [-0.15, -0.1) is 0 Å². The maximum absolute atomic E-state index is 12.8. The molecule has 2 heterocycles. The molecule has 0 spiro atoms. The van der Waals surface area contributed by atoms with Crippen molar-refractivity contribution < 1.29 is 14.0 Å². The Kier molecular flexibility index (Phi) is 3.91. The van der Waals surface area contributed by atoms with Gasteiger partial charge in [0.15, 0.2) is 11.6 Å². The van der Waals surface area contributed by atoms with Gasteiger partial charge in [-0.1, -0.05) is 20.8 Å². The third-order valence-corrected chi connectivity index (χ3v) is 5.27. The molecule has 1 aliphatic carbocycles. The van der Waals surface area contributed by atoms with E-state index in [9.17, 15) is 9.59 Å². The van der Waals surface area contributed by atoms with Gasteiger partial charge in [-0.3, -0.25) is 9.59 Å². The number of nitrogens with zero attached hydrogens (tertiary/aromatic N) is 2. The van der Waals surface area contributed by atoms with Gasteiger partial charge in [0.1, 0.15) is 17.1 Å². The van der Waals surface area contributed by atoms with Crippen LogP contribution in [0.15, 0.2) is 28.2 Å². The maximum Gasteiger partial charge on any atom is 0.245 e. The van der Waals surface area contributed by atoms with Crippen LogP contribution in [0.5, 0.6) is 0 Å². The summed E-state index contributed by atoms with van der Waals surface area (Å²) in [6, 6.07) is 5.50. The number of ketones is 2. The Hall–Kier alpha value is -2.95. The average Bonchev–Trinajstić information content (AvgIpc) is 3.23. The number of hydrogen-bond donors (Lipinski definition) is 0. The Balaban J connectivity index is 1.77. The summed E-state index contributed by atoms with van der Waals surface area (Å²) in [5, 5.41) is 0. The monoisotopic (exact) mass is 362 g/mol. The number of furan rings is 1. The van der Waals surface area contributed by atoms with E-state index >= 15 is 0 Å². The highest BCUT2D eigenvalue weighted by molar-refractivity contribution is 6.41. The number of carbonyl (C=O) groups excluding carboxylic acids is 2. The van der Waals surface area contributed by atoms with Gasteiger partial charge in [0, 0.05) is 30.2 Å². The van der Waals surface area contributed by atoms with E-state index in [2.05, 4.69) is 18.8 Å². The number of imidazole rings is 1. The van der Waals surface area contributed by atoms with E-state index in [1.54, 1.807) is 6.08 Å². The summed E-state index contributed by atoms with van der Waals surface area (Å²) in [6.45, 7) is 8.16. The second-order valence-electron chi connectivity index (χ2n) is 7.42. The Morgan fingerprint density at radius 2 is 1.81 bits per heavy atom. The fraction of sp³-hybridized carbons (Fsp3) is 0.318. The van der Waals surface area contributed by atoms with Gasteiger partial charge in [-0.05, 0) is 42.7 Å². The van der Waals surface area contributed by atoms with Crippen LogP contribution in [-0.2, 0) is 13.5 Å². The van der Waals surface area contributed by atoms with Crippen molar-refractivity contribution in [2.75, 3.05) is 0 Å². The zero-order valence-corrected chi connectivity index (χ0v) is 16.2. The normalized spacial score (nSPS) is 15.6. The summed E-state index contributed by atoms with van der Waals surface area (Å²) in [6.07, 6.45) is 2.37. The zero-order valence-electron chi connectivity index (χ0n) is 16.2. The molecule has 5 nitrogen and oxygen atoms in total. The number of fused-ring (bicyclic) bond motifs is 2. The minimum atomic E-state index is -0.239. The lowest BCUT2D eigenvalue weighted by atomic mass is 9.99. The molecule has 1 aromatic carbocycles. The van der Waals surface area contributed by atoms with Crippen molar-refractivity contribution in [3.8, 4) is 0 Å². The van der Waals surface area contributed by atoms with Crippen LogP contribution in [0.4, 0.5) is 0 Å². The smallest absolute Gasteiger partial charge is 0.245 e. The van der Waals surface area contributed by atoms with Crippen molar-refractivity contribution in [1.29, 1.82) is 0 Å². The quantitative estimate of drug-likeness (QED) is 0.504. The van der Waals surface area contributed by atoms with Crippen LogP contribution in [0.3, 0.4) is 0 Å². The molecule has 0 atom stereocenters. The van der Waals surface area contributed by atoms with Gasteiger partial charge in [0.05, 0.1) is 5.57 Å². The van der Waals surface area contributed by atoms with Crippen LogP contribution in [0, 0.1) is 6.92 Å². The van der Waals surface area contributed by atoms with Gasteiger partial charge in [0.2, 0.25) is 5.71 Å². The number of hydrogen-bond acceptors (Lipinski definition) is 4. The molecule has 138 valence electrons. The number of allylic oxidation sites excluding steroid dienone is 1. The predicted molar refractivity (Wildman–Crippen MR) is 104 cm³/mol. The molecule has 2 aromatic heterocycles. The molecular weight excluding hydrogens is 340 g/mol. The van der Waals surface area contributed by atoms with E-state index in [4.69, 9.17) is 4.42 Å². The van der Waals surface area contributed by atoms with E-state index in [-0.39, 0.29) is 23.1 Å². The van der Waals surface area contributed by atoms with Crippen LogP contribution in [0.25, 0.3) is 17.3 Å². The molecule has 1 aliphatic rings.